The summed E-state index contributed by atoms with van der Waals surface area (Å²) in [6.07, 6.45) is 3.06. The van der Waals surface area contributed by atoms with Gasteiger partial charge in [0.05, 0.1) is 0 Å². The lowest BCUT2D eigenvalue weighted by Crippen LogP contribution is -1.83. The lowest BCUT2D eigenvalue weighted by atomic mass is 10.2. The monoisotopic (exact) mass is 241 g/mol. The van der Waals surface area contributed by atoms with Gasteiger partial charge in [-0.25, -0.2) is 0 Å². The number of para-hydroxylation sites is 1. The van der Waals surface area contributed by atoms with Crippen LogP contribution >= 0.6 is 0 Å². The fraction of sp³-hybridized carbons (Fsp3) is 0.286. The fourth-order valence-electron chi connectivity index (χ4n) is 1.98. The maximum Gasteiger partial charge on any atom is 0.264 e. The van der Waals surface area contributed by atoms with Gasteiger partial charge >= 0.3 is 0 Å². The molecule has 92 valence electrons. The van der Waals surface area contributed by atoms with E-state index in [9.17, 15) is 0 Å². The Kier molecular flexibility index (Phi) is 2.84. The molecular weight excluding hydrogens is 226 g/mol. The minimum Gasteiger partial charge on any atom is -0.419 e. The summed E-state index contributed by atoms with van der Waals surface area (Å²) in [6, 6.07) is 10.1. The number of H-pyrrole nitrogens is 1. The lowest BCUT2D eigenvalue weighted by Gasteiger charge is -1.90. The van der Waals surface area contributed by atoms with Crippen molar-refractivity contribution in [1.82, 2.24) is 15.2 Å². The highest BCUT2D eigenvalue weighted by Crippen LogP contribution is 2.23. The Balaban J connectivity index is 1.91. The summed E-state index contributed by atoms with van der Waals surface area (Å²) in [7, 11) is 0. The molecule has 0 bridgehead atoms. The predicted molar refractivity (Wildman–Crippen MR) is 70.2 cm³/mol. The van der Waals surface area contributed by atoms with Crippen molar-refractivity contribution in [3.8, 4) is 11.6 Å². The highest BCUT2D eigenvalue weighted by atomic mass is 16.4. The maximum absolute atomic E-state index is 5.65. The third kappa shape index (κ3) is 2.01. The Labute approximate surface area is 105 Å². The molecule has 0 aliphatic heterocycles. The van der Waals surface area contributed by atoms with Crippen LogP contribution in [0.15, 0.2) is 34.7 Å². The van der Waals surface area contributed by atoms with Gasteiger partial charge in [0.2, 0.25) is 5.89 Å². The molecule has 3 aromatic rings. The zero-order chi connectivity index (χ0) is 12.4. The number of hydrogen-bond donors (Lipinski definition) is 1. The van der Waals surface area contributed by atoms with Crippen LogP contribution in [-0.4, -0.2) is 15.2 Å². The number of aromatic nitrogens is 3. The Morgan fingerprint density at radius 3 is 2.94 bits per heavy atom. The van der Waals surface area contributed by atoms with Gasteiger partial charge in [-0.15, -0.1) is 10.2 Å². The highest BCUT2D eigenvalue weighted by Gasteiger charge is 2.10. The van der Waals surface area contributed by atoms with Gasteiger partial charge in [0, 0.05) is 17.3 Å². The van der Waals surface area contributed by atoms with Crippen molar-refractivity contribution in [2.45, 2.75) is 26.2 Å². The van der Waals surface area contributed by atoms with Gasteiger partial charge in [0.25, 0.3) is 5.89 Å². The van der Waals surface area contributed by atoms with E-state index in [4.69, 9.17) is 4.42 Å². The van der Waals surface area contributed by atoms with Gasteiger partial charge in [-0.1, -0.05) is 31.5 Å². The van der Waals surface area contributed by atoms with Crippen LogP contribution in [-0.2, 0) is 6.42 Å². The fourth-order valence-corrected chi connectivity index (χ4v) is 1.98. The third-order valence-corrected chi connectivity index (χ3v) is 2.97. The van der Waals surface area contributed by atoms with Crippen LogP contribution in [0.2, 0.25) is 0 Å². The molecule has 0 amide bonds. The van der Waals surface area contributed by atoms with E-state index < -0.39 is 0 Å². The number of fused-ring (bicyclic) bond motifs is 1. The van der Waals surface area contributed by atoms with Crippen LogP contribution in [0, 0.1) is 0 Å². The quantitative estimate of drug-likeness (QED) is 0.759. The Hall–Kier alpha value is -2.10. The van der Waals surface area contributed by atoms with Crippen molar-refractivity contribution < 1.29 is 4.42 Å². The molecule has 0 radical (unpaired) electrons. The number of nitrogens with zero attached hydrogens (tertiary/aromatic N) is 2. The molecule has 0 saturated heterocycles. The molecule has 0 unspecified atom stereocenters. The molecule has 4 nitrogen and oxygen atoms in total. The number of unbranched alkanes of at least 4 members (excludes halogenated alkanes) is 1. The van der Waals surface area contributed by atoms with Gasteiger partial charge in [-0.2, -0.15) is 0 Å². The smallest absolute Gasteiger partial charge is 0.264 e. The second-order valence-corrected chi connectivity index (χ2v) is 4.37. The van der Waals surface area contributed by atoms with E-state index in [1.54, 1.807) is 0 Å². The van der Waals surface area contributed by atoms with Crippen LogP contribution in [0.4, 0.5) is 0 Å². The number of aromatic amines is 1. The van der Waals surface area contributed by atoms with E-state index in [0.717, 1.165) is 35.9 Å². The lowest BCUT2D eigenvalue weighted by molar-refractivity contribution is 0.495. The van der Waals surface area contributed by atoms with E-state index in [2.05, 4.69) is 28.2 Å². The number of benzene rings is 1. The minimum atomic E-state index is 0.567. The van der Waals surface area contributed by atoms with Crippen molar-refractivity contribution in [2.75, 3.05) is 0 Å². The molecule has 0 aliphatic carbocycles. The minimum absolute atomic E-state index is 0.567. The van der Waals surface area contributed by atoms with Gasteiger partial charge in [0.15, 0.2) is 0 Å². The van der Waals surface area contributed by atoms with Crippen molar-refractivity contribution in [1.29, 1.82) is 0 Å². The average molecular weight is 241 g/mol. The van der Waals surface area contributed by atoms with Crippen LogP contribution in [0.3, 0.4) is 0 Å². The van der Waals surface area contributed by atoms with Crippen LogP contribution < -0.4 is 0 Å². The molecular formula is C14H15N3O. The van der Waals surface area contributed by atoms with Crippen molar-refractivity contribution in [2.24, 2.45) is 0 Å². The normalized spacial score (nSPS) is 11.2. The molecule has 2 heterocycles. The van der Waals surface area contributed by atoms with E-state index in [1.165, 1.54) is 0 Å². The Bertz CT molecular complexity index is 621. The second-order valence-electron chi connectivity index (χ2n) is 4.37. The van der Waals surface area contributed by atoms with Crippen molar-refractivity contribution in [3.63, 3.8) is 0 Å². The van der Waals surface area contributed by atoms with Crippen molar-refractivity contribution in [3.05, 3.63) is 36.2 Å². The molecule has 0 aliphatic rings. The zero-order valence-corrected chi connectivity index (χ0v) is 10.3. The molecule has 1 aromatic carbocycles. The molecule has 2 aromatic heterocycles. The summed E-state index contributed by atoms with van der Waals surface area (Å²) in [5, 5.41) is 9.30. The molecule has 0 atom stereocenters. The number of rotatable bonds is 4. The molecule has 0 fully saturated rings. The first-order valence-electron chi connectivity index (χ1n) is 6.27. The van der Waals surface area contributed by atoms with E-state index in [0.29, 0.717) is 11.8 Å². The standard InChI is InChI=1S/C14H15N3O/c1-2-3-8-13-16-17-14(18-13)12-9-10-6-4-5-7-11(10)15-12/h4-7,9,15H,2-3,8H2,1H3. The first-order valence-corrected chi connectivity index (χ1v) is 6.27. The summed E-state index contributed by atoms with van der Waals surface area (Å²) in [4.78, 5) is 3.29. The predicted octanol–water partition coefficient (Wildman–Crippen LogP) is 3.56. The van der Waals surface area contributed by atoms with Gasteiger partial charge in [-0.05, 0) is 18.6 Å². The number of aryl methyl sites for hydroxylation is 1. The third-order valence-electron chi connectivity index (χ3n) is 2.97. The SMILES string of the molecule is CCCCc1nnc(-c2cc3ccccc3[nH]2)o1. The van der Waals surface area contributed by atoms with Gasteiger partial charge in [0.1, 0.15) is 5.69 Å². The summed E-state index contributed by atoms with van der Waals surface area (Å²) in [5.74, 6) is 1.28. The maximum atomic E-state index is 5.65. The molecule has 0 saturated carbocycles. The van der Waals surface area contributed by atoms with Crippen molar-refractivity contribution >= 4 is 10.9 Å². The van der Waals surface area contributed by atoms with E-state index >= 15 is 0 Å². The summed E-state index contributed by atoms with van der Waals surface area (Å²) in [5.41, 5.74) is 1.97. The largest absolute Gasteiger partial charge is 0.419 e. The van der Waals surface area contributed by atoms with Gasteiger partial charge < -0.3 is 9.40 Å². The first kappa shape index (κ1) is 11.0. The highest BCUT2D eigenvalue weighted by molar-refractivity contribution is 5.84. The molecule has 0 spiro atoms. The first-order chi connectivity index (χ1) is 8.86. The van der Waals surface area contributed by atoms with Crippen LogP contribution in [0.5, 0.6) is 0 Å². The number of nitrogens with one attached hydrogen (secondary N) is 1. The van der Waals surface area contributed by atoms with E-state index in [-0.39, 0.29) is 0 Å². The number of hydrogen-bond acceptors (Lipinski definition) is 3. The van der Waals surface area contributed by atoms with Crippen LogP contribution in [0.25, 0.3) is 22.5 Å². The zero-order valence-electron chi connectivity index (χ0n) is 10.3. The summed E-state index contributed by atoms with van der Waals surface area (Å²) < 4.78 is 5.65. The Morgan fingerprint density at radius 1 is 1.22 bits per heavy atom. The average Bonchev–Trinajstić information content (AvgIpc) is 3.02. The molecule has 4 heteroatoms. The van der Waals surface area contributed by atoms with Crippen LogP contribution in [0.1, 0.15) is 25.7 Å². The van der Waals surface area contributed by atoms with Gasteiger partial charge in [-0.3, -0.25) is 0 Å². The topological polar surface area (TPSA) is 54.7 Å². The second kappa shape index (κ2) is 4.64. The molecule has 18 heavy (non-hydrogen) atoms. The summed E-state index contributed by atoms with van der Waals surface area (Å²) >= 11 is 0. The summed E-state index contributed by atoms with van der Waals surface area (Å²) in [6.45, 7) is 2.15. The Morgan fingerprint density at radius 2 is 2.11 bits per heavy atom. The molecule has 3 rings (SSSR count). The van der Waals surface area contributed by atoms with E-state index in [1.807, 2.05) is 24.3 Å². The molecule has 1 N–H and O–H groups in total.